The first-order valence-corrected chi connectivity index (χ1v) is 14.3. The number of ether oxygens (including phenoxy) is 2. The first kappa shape index (κ1) is 30.1. The number of aliphatic hydroxyl groups excluding tert-OH is 1. The number of aryl methyl sites for hydroxylation is 1. The molecule has 0 aromatic heterocycles. The molecule has 0 aliphatic carbocycles. The van der Waals surface area contributed by atoms with Crippen molar-refractivity contribution >= 4 is 33.4 Å². The van der Waals surface area contributed by atoms with E-state index in [0.29, 0.717) is 34.5 Å². The van der Waals surface area contributed by atoms with Gasteiger partial charge in [-0.2, -0.15) is 0 Å². The summed E-state index contributed by atoms with van der Waals surface area (Å²) in [4.78, 5) is 30.4. The highest BCUT2D eigenvalue weighted by molar-refractivity contribution is 9.10. The zero-order valence-electron chi connectivity index (χ0n) is 23.7. The molecule has 0 saturated carbocycles. The van der Waals surface area contributed by atoms with E-state index in [9.17, 15) is 19.8 Å². The van der Waals surface area contributed by atoms with Crippen molar-refractivity contribution in [2.45, 2.75) is 33.4 Å². The Balaban J connectivity index is 1.71. The van der Waals surface area contributed by atoms with Gasteiger partial charge in [-0.15, -0.1) is 0 Å². The number of hydrogen-bond donors (Lipinski definition) is 2. The summed E-state index contributed by atoms with van der Waals surface area (Å²) in [6, 6.07) is 17.1. The predicted molar refractivity (Wildman–Crippen MR) is 161 cm³/mol. The number of hydrogen-bond acceptors (Lipinski definition) is 7. The third kappa shape index (κ3) is 6.41. The van der Waals surface area contributed by atoms with E-state index in [-0.39, 0.29) is 29.4 Å². The van der Waals surface area contributed by atoms with E-state index in [4.69, 9.17) is 9.47 Å². The van der Waals surface area contributed by atoms with Gasteiger partial charge < -0.3 is 29.5 Å². The topological polar surface area (TPSA) is 99.5 Å². The summed E-state index contributed by atoms with van der Waals surface area (Å²) >= 11 is 3.35. The van der Waals surface area contributed by atoms with Crippen molar-refractivity contribution in [2.75, 3.05) is 33.3 Å². The molecule has 3 aromatic rings. The van der Waals surface area contributed by atoms with Crippen LogP contribution >= 0.6 is 15.9 Å². The molecule has 8 nitrogen and oxygen atoms in total. The third-order valence-electron chi connectivity index (χ3n) is 7.46. The van der Waals surface area contributed by atoms with Gasteiger partial charge in [0, 0.05) is 18.7 Å². The predicted octanol–water partition coefficient (Wildman–Crippen LogP) is 5.81. The fourth-order valence-electron chi connectivity index (χ4n) is 4.95. The minimum atomic E-state index is -0.881. The van der Waals surface area contributed by atoms with Crippen molar-refractivity contribution < 1.29 is 29.3 Å². The lowest BCUT2D eigenvalue weighted by atomic mass is 9.95. The van der Waals surface area contributed by atoms with Crippen LogP contribution in [0.2, 0.25) is 0 Å². The molecule has 1 amide bonds. The van der Waals surface area contributed by atoms with Crippen LogP contribution in [-0.4, -0.2) is 65.0 Å². The van der Waals surface area contributed by atoms with Crippen LogP contribution < -0.4 is 9.47 Å². The molecule has 41 heavy (non-hydrogen) atoms. The number of amides is 1. The quantitative estimate of drug-likeness (QED) is 0.158. The molecule has 1 atom stereocenters. The number of Topliss-reactive ketones (excluding diaryl/α,β-unsaturated/α-hetero) is 1. The molecule has 1 aliphatic heterocycles. The van der Waals surface area contributed by atoms with Gasteiger partial charge in [0.15, 0.2) is 11.5 Å². The molecule has 0 bridgehead atoms. The molecular weight excluding hydrogens is 588 g/mol. The van der Waals surface area contributed by atoms with Gasteiger partial charge in [-0.3, -0.25) is 9.59 Å². The Morgan fingerprint density at radius 3 is 2.37 bits per heavy atom. The molecule has 1 fully saturated rings. The highest BCUT2D eigenvalue weighted by atomic mass is 79.9. The van der Waals surface area contributed by atoms with Crippen molar-refractivity contribution in [3.05, 3.63) is 93.0 Å². The van der Waals surface area contributed by atoms with Crippen LogP contribution in [0.3, 0.4) is 0 Å². The van der Waals surface area contributed by atoms with Gasteiger partial charge in [-0.1, -0.05) is 38.1 Å². The number of aromatic hydroxyl groups is 1. The van der Waals surface area contributed by atoms with Crippen molar-refractivity contribution in [1.29, 1.82) is 0 Å². The largest absolute Gasteiger partial charge is 0.507 e. The molecule has 0 spiro atoms. The van der Waals surface area contributed by atoms with Crippen LogP contribution in [0.5, 0.6) is 17.2 Å². The number of phenolic OH excluding ortho intramolecular Hbond substituents is 1. The Labute approximate surface area is 248 Å². The Kier molecular flexibility index (Phi) is 9.73. The monoisotopic (exact) mass is 622 g/mol. The molecule has 216 valence electrons. The molecule has 9 heteroatoms. The maximum absolute atomic E-state index is 13.4. The van der Waals surface area contributed by atoms with E-state index < -0.39 is 17.7 Å². The number of nitrogens with zero attached hydrogens (tertiary/aromatic N) is 2. The van der Waals surface area contributed by atoms with E-state index in [1.54, 1.807) is 36.4 Å². The summed E-state index contributed by atoms with van der Waals surface area (Å²) in [5, 5.41) is 21.8. The number of benzene rings is 3. The maximum atomic E-state index is 13.4. The van der Waals surface area contributed by atoms with Crippen LogP contribution in [-0.2, 0) is 16.2 Å². The number of likely N-dealkylation sites (tertiary alicyclic amines) is 1. The Morgan fingerprint density at radius 1 is 1.05 bits per heavy atom. The lowest BCUT2D eigenvalue weighted by molar-refractivity contribution is -0.140. The second kappa shape index (κ2) is 13.2. The summed E-state index contributed by atoms with van der Waals surface area (Å²) in [6.45, 7) is 8.91. The van der Waals surface area contributed by atoms with Gasteiger partial charge in [-0.25, -0.2) is 0 Å². The molecule has 1 heterocycles. The number of ketones is 1. The minimum Gasteiger partial charge on any atom is -0.507 e. The number of carbonyl (C=O) groups is 2. The van der Waals surface area contributed by atoms with Crippen LogP contribution in [0.25, 0.3) is 5.76 Å². The maximum Gasteiger partial charge on any atom is 0.295 e. The van der Waals surface area contributed by atoms with Gasteiger partial charge >= 0.3 is 0 Å². The second-order valence-electron chi connectivity index (χ2n) is 9.81. The molecule has 0 radical (unpaired) electrons. The molecule has 3 aromatic carbocycles. The number of likely N-dealkylation sites (N-methyl/N-ethyl adjacent to an activating group) is 1. The smallest absolute Gasteiger partial charge is 0.295 e. The molecule has 4 rings (SSSR count). The van der Waals surface area contributed by atoms with Crippen molar-refractivity contribution in [1.82, 2.24) is 9.80 Å². The summed E-state index contributed by atoms with van der Waals surface area (Å²) in [7, 11) is 1.42. The number of rotatable bonds is 11. The van der Waals surface area contributed by atoms with Crippen LogP contribution in [0, 0.1) is 6.92 Å². The van der Waals surface area contributed by atoms with Gasteiger partial charge in [-0.05, 0) is 89.0 Å². The normalized spacial score (nSPS) is 16.4. The first-order valence-electron chi connectivity index (χ1n) is 13.5. The zero-order valence-corrected chi connectivity index (χ0v) is 25.3. The zero-order chi connectivity index (χ0) is 29.7. The number of phenols is 1. The van der Waals surface area contributed by atoms with E-state index in [2.05, 4.69) is 20.8 Å². The average molecular weight is 624 g/mol. The molecule has 1 aliphatic rings. The highest BCUT2D eigenvalue weighted by Crippen LogP contribution is 2.44. The standard InChI is InChI=1S/C32H35BrN2O6/c1-5-34(6-2)15-16-35-28(23-17-25(33)30(37)26(18-23)40-4)27(31(38)32(35)39)29(36)21-11-13-24(14-12-21)41-19-22-10-8-7-9-20(22)3/h7-14,17-18,28,36-37H,5-6,15-16,19H2,1-4H3. The van der Waals surface area contributed by atoms with Gasteiger partial charge in [0.05, 0.1) is 23.2 Å². The van der Waals surface area contributed by atoms with Crippen molar-refractivity contribution in [2.24, 2.45) is 0 Å². The molecular formula is C32H35BrN2O6. The number of carbonyl (C=O) groups excluding carboxylic acids is 2. The third-order valence-corrected chi connectivity index (χ3v) is 8.07. The Morgan fingerprint density at radius 2 is 1.73 bits per heavy atom. The summed E-state index contributed by atoms with van der Waals surface area (Å²) < 4.78 is 11.6. The van der Waals surface area contributed by atoms with E-state index in [0.717, 1.165) is 24.2 Å². The molecule has 2 N–H and O–H groups in total. The lowest BCUT2D eigenvalue weighted by Crippen LogP contribution is -2.38. The van der Waals surface area contributed by atoms with Crippen LogP contribution in [0.1, 0.15) is 42.1 Å². The number of methoxy groups -OCH3 is 1. The summed E-state index contributed by atoms with van der Waals surface area (Å²) in [6.07, 6.45) is 0. The Bertz CT molecular complexity index is 1450. The van der Waals surface area contributed by atoms with Gasteiger partial charge in [0.25, 0.3) is 11.7 Å². The Hall–Kier alpha value is -3.82. The van der Waals surface area contributed by atoms with Crippen molar-refractivity contribution in [3.8, 4) is 17.2 Å². The lowest BCUT2D eigenvalue weighted by Gasteiger charge is -2.28. The average Bonchev–Trinajstić information content (AvgIpc) is 3.23. The first-order chi connectivity index (χ1) is 19.7. The van der Waals surface area contributed by atoms with Gasteiger partial charge in [0.1, 0.15) is 18.1 Å². The number of halogens is 1. The van der Waals surface area contributed by atoms with Gasteiger partial charge in [0.2, 0.25) is 0 Å². The summed E-state index contributed by atoms with van der Waals surface area (Å²) in [5.41, 5.74) is 3.07. The van der Waals surface area contributed by atoms with E-state index in [1.807, 2.05) is 45.0 Å². The minimum absolute atomic E-state index is 0.0252. The highest BCUT2D eigenvalue weighted by Gasteiger charge is 2.46. The fraction of sp³-hybridized carbons (Fsp3) is 0.312. The second-order valence-corrected chi connectivity index (χ2v) is 10.7. The van der Waals surface area contributed by atoms with E-state index in [1.165, 1.54) is 12.0 Å². The number of aliphatic hydroxyl groups is 1. The SMILES string of the molecule is CCN(CC)CCN1C(=O)C(=O)C(=C(O)c2ccc(OCc3ccccc3C)cc2)C1c1cc(Br)c(O)c(OC)c1. The van der Waals surface area contributed by atoms with Crippen LogP contribution in [0.15, 0.2) is 70.7 Å². The summed E-state index contributed by atoms with van der Waals surface area (Å²) in [5.74, 6) is -1.06. The van der Waals surface area contributed by atoms with Crippen molar-refractivity contribution in [3.63, 3.8) is 0 Å². The molecule has 1 unspecified atom stereocenters. The fourth-order valence-corrected chi connectivity index (χ4v) is 5.41. The van der Waals surface area contributed by atoms with E-state index >= 15 is 0 Å². The molecule has 1 saturated heterocycles. The van der Waals surface area contributed by atoms with Crippen LogP contribution in [0.4, 0.5) is 0 Å².